The molecule has 17 heavy (non-hydrogen) atoms. The van der Waals surface area contributed by atoms with E-state index in [0.29, 0.717) is 19.8 Å². The quantitative estimate of drug-likeness (QED) is 0.848. The Hall–Kier alpha value is -0.720. The number of alkyl halides is 1. The molecule has 0 bridgehead atoms. The summed E-state index contributed by atoms with van der Waals surface area (Å²) in [4.78, 5) is 15.6. The summed E-state index contributed by atoms with van der Waals surface area (Å²) in [6, 6.07) is 2.70. The molecule has 0 aliphatic rings. The van der Waals surface area contributed by atoms with Gasteiger partial charge in [-0.2, -0.15) is 0 Å². The van der Waals surface area contributed by atoms with E-state index in [9.17, 15) is 9.18 Å². The second-order valence-corrected chi connectivity index (χ2v) is 5.90. The second-order valence-electron chi connectivity index (χ2n) is 3.36. The molecular weight excluding hydrogens is 331 g/mol. The number of aromatic nitrogens is 1. The molecule has 7 heteroatoms. The van der Waals surface area contributed by atoms with Crippen LogP contribution in [0.15, 0.2) is 16.6 Å². The third-order valence-corrected chi connectivity index (χ3v) is 3.73. The highest BCUT2D eigenvalue weighted by molar-refractivity contribution is 9.10. The molecule has 90 valence electrons. The van der Waals surface area contributed by atoms with Gasteiger partial charge >= 0.3 is 0 Å². The molecule has 1 amide bonds. The fraction of sp³-hybridized carbons (Fsp3) is 0.200. The Bertz CT molecular complexity index is 587. The van der Waals surface area contributed by atoms with Crippen molar-refractivity contribution < 1.29 is 9.18 Å². The summed E-state index contributed by atoms with van der Waals surface area (Å²) in [6.07, 6.45) is 0. The van der Waals surface area contributed by atoms with Crippen LogP contribution < -0.4 is 5.32 Å². The average molecular weight is 338 g/mol. The first kappa shape index (κ1) is 12.7. The Morgan fingerprint density at radius 1 is 1.65 bits per heavy atom. The topological polar surface area (TPSA) is 42.0 Å². The number of rotatable bonds is 2. The van der Waals surface area contributed by atoms with Crippen molar-refractivity contribution in [2.45, 2.75) is 12.3 Å². The molecule has 2 aromatic rings. The van der Waals surface area contributed by atoms with Crippen molar-refractivity contribution in [1.82, 2.24) is 4.98 Å². The van der Waals surface area contributed by atoms with Gasteiger partial charge in [-0.15, -0.1) is 11.6 Å². The van der Waals surface area contributed by atoms with E-state index in [-0.39, 0.29) is 11.7 Å². The Morgan fingerprint density at radius 2 is 2.35 bits per heavy atom. The Labute approximate surface area is 114 Å². The van der Waals surface area contributed by atoms with Crippen molar-refractivity contribution in [1.29, 1.82) is 0 Å². The van der Waals surface area contributed by atoms with Gasteiger partial charge in [0, 0.05) is 4.47 Å². The van der Waals surface area contributed by atoms with Crippen molar-refractivity contribution in [2.24, 2.45) is 0 Å². The number of halogens is 3. The molecule has 1 atom stereocenters. The molecule has 1 aromatic carbocycles. The molecule has 0 radical (unpaired) electrons. The third kappa shape index (κ3) is 2.75. The maximum Gasteiger partial charge on any atom is 0.243 e. The van der Waals surface area contributed by atoms with Crippen molar-refractivity contribution in [3.05, 3.63) is 22.4 Å². The Balaban J connectivity index is 2.38. The van der Waals surface area contributed by atoms with E-state index in [2.05, 4.69) is 26.2 Å². The number of carbonyl (C=O) groups excluding carboxylic acids is 1. The SMILES string of the molecule is C[C@@H](Cl)C(=O)Nc1nc2c(Br)cc(F)cc2s1. The number of benzene rings is 1. The van der Waals surface area contributed by atoms with Gasteiger partial charge < -0.3 is 5.32 Å². The van der Waals surface area contributed by atoms with Gasteiger partial charge in [0.25, 0.3) is 0 Å². The molecule has 0 saturated carbocycles. The van der Waals surface area contributed by atoms with Crippen LogP contribution in [-0.2, 0) is 4.79 Å². The van der Waals surface area contributed by atoms with Crippen LogP contribution in [0.4, 0.5) is 9.52 Å². The smallest absolute Gasteiger partial charge is 0.243 e. The minimum Gasteiger partial charge on any atom is -0.301 e. The van der Waals surface area contributed by atoms with E-state index < -0.39 is 5.38 Å². The number of nitrogens with zero attached hydrogens (tertiary/aromatic N) is 1. The van der Waals surface area contributed by atoms with Gasteiger partial charge in [0.05, 0.1) is 10.2 Å². The predicted octanol–water partition coefficient (Wildman–Crippen LogP) is 3.76. The zero-order valence-corrected chi connectivity index (χ0v) is 11.8. The Morgan fingerprint density at radius 3 is 3.00 bits per heavy atom. The van der Waals surface area contributed by atoms with Crippen LogP contribution in [0, 0.1) is 5.82 Å². The van der Waals surface area contributed by atoms with Gasteiger partial charge in [-0.25, -0.2) is 9.37 Å². The molecular formula is C10H7BrClFN2OS. The maximum absolute atomic E-state index is 13.1. The van der Waals surface area contributed by atoms with Crippen LogP contribution in [-0.4, -0.2) is 16.3 Å². The number of fused-ring (bicyclic) bond motifs is 1. The minimum absolute atomic E-state index is 0.331. The molecule has 0 aliphatic heterocycles. The Kier molecular flexibility index (Phi) is 3.65. The minimum atomic E-state index is -0.637. The summed E-state index contributed by atoms with van der Waals surface area (Å²) in [5.41, 5.74) is 0.619. The van der Waals surface area contributed by atoms with Gasteiger partial charge in [0.15, 0.2) is 5.13 Å². The lowest BCUT2D eigenvalue weighted by atomic mass is 10.3. The highest BCUT2D eigenvalue weighted by atomic mass is 79.9. The molecule has 2 rings (SSSR count). The molecule has 3 nitrogen and oxygen atoms in total. The summed E-state index contributed by atoms with van der Waals surface area (Å²) >= 11 is 10.1. The standard InChI is InChI=1S/C10H7BrClFN2OS/c1-4(12)9(16)15-10-14-8-6(11)2-5(13)3-7(8)17-10/h2-4H,1H3,(H,14,15,16)/t4-/m1/s1. The van der Waals surface area contributed by atoms with Crippen LogP contribution >= 0.6 is 38.9 Å². The van der Waals surface area contributed by atoms with E-state index in [4.69, 9.17) is 11.6 Å². The summed E-state index contributed by atoms with van der Waals surface area (Å²) in [5, 5.41) is 2.34. The fourth-order valence-electron chi connectivity index (χ4n) is 1.22. The lowest BCUT2D eigenvalue weighted by Crippen LogP contribution is -2.19. The van der Waals surface area contributed by atoms with Crippen LogP contribution in [0.1, 0.15) is 6.92 Å². The number of anilines is 1. The van der Waals surface area contributed by atoms with Gasteiger partial charge in [0.2, 0.25) is 5.91 Å². The largest absolute Gasteiger partial charge is 0.301 e. The first-order valence-corrected chi connectivity index (χ1v) is 6.72. The first-order valence-electron chi connectivity index (χ1n) is 4.68. The molecule has 0 fully saturated rings. The summed E-state index contributed by atoms with van der Waals surface area (Å²) in [7, 11) is 0. The number of hydrogen-bond acceptors (Lipinski definition) is 3. The number of amides is 1. The lowest BCUT2D eigenvalue weighted by Gasteiger charge is -2.01. The summed E-state index contributed by atoms with van der Waals surface area (Å²) < 4.78 is 14.4. The molecule has 0 saturated heterocycles. The van der Waals surface area contributed by atoms with E-state index in [0.717, 1.165) is 0 Å². The van der Waals surface area contributed by atoms with Crippen LogP contribution in [0.2, 0.25) is 0 Å². The number of carbonyl (C=O) groups is 1. The van der Waals surface area contributed by atoms with Crippen LogP contribution in [0.3, 0.4) is 0 Å². The third-order valence-electron chi connectivity index (χ3n) is 2.00. The number of thiazole rings is 1. The monoisotopic (exact) mass is 336 g/mol. The van der Waals surface area contributed by atoms with Gasteiger partial charge in [-0.05, 0) is 35.0 Å². The van der Waals surface area contributed by atoms with Gasteiger partial charge in [0.1, 0.15) is 11.2 Å². The van der Waals surface area contributed by atoms with Crippen molar-refractivity contribution >= 4 is 60.1 Å². The molecule has 1 heterocycles. The lowest BCUT2D eigenvalue weighted by molar-refractivity contribution is -0.115. The highest BCUT2D eigenvalue weighted by Gasteiger charge is 2.14. The maximum atomic E-state index is 13.1. The molecule has 1 aromatic heterocycles. The predicted molar refractivity (Wildman–Crippen MR) is 71.2 cm³/mol. The molecule has 0 unspecified atom stereocenters. The number of nitrogens with one attached hydrogen (secondary N) is 1. The van der Waals surface area contributed by atoms with Gasteiger partial charge in [-0.3, -0.25) is 4.79 Å². The molecule has 0 aliphatic carbocycles. The van der Waals surface area contributed by atoms with Gasteiger partial charge in [-0.1, -0.05) is 11.3 Å². The molecule has 1 N–H and O–H groups in total. The zero-order chi connectivity index (χ0) is 12.6. The van der Waals surface area contributed by atoms with E-state index in [1.54, 1.807) is 6.92 Å². The van der Waals surface area contributed by atoms with E-state index in [1.165, 1.54) is 23.5 Å². The van der Waals surface area contributed by atoms with Crippen molar-refractivity contribution in [3.63, 3.8) is 0 Å². The summed E-state index contributed by atoms with van der Waals surface area (Å²) in [6.45, 7) is 1.57. The highest BCUT2D eigenvalue weighted by Crippen LogP contribution is 2.32. The van der Waals surface area contributed by atoms with Crippen LogP contribution in [0.25, 0.3) is 10.2 Å². The van der Waals surface area contributed by atoms with E-state index in [1.807, 2.05) is 0 Å². The van der Waals surface area contributed by atoms with E-state index >= 15 is 0 Å². The van der Waals surface area contributed by atoms with Crippen LogP contribution in [0.5, 0.6) is 0 Å². The van der Waals surface area contributed by atoms with Crippen molar-refractivity contribution in [2.75, 3.05) is 5.32 Å². The second kappa shape index (κ2) is 4.88. The van der Waals surface area contributed by atoms with Crippen molar-refractivity contribution in [3.8, 4) is 0 Å². The molecule has 0 spiro atoms. The summed E-state index contributed by atoms with van der Waals surface area (Å²) in [5.74, 6) is -0.682. The number of hydrogen-bond donors (Lipinski definition) is 1. The average Bonchev–Trinajstić information content (AvgIpc) is 2.60. The fourth-order valence-corrected chi connectivity index (χ4v) is 2.84. The first-order chi connectivity index (χ1) is 7.97. The normalized spacial score (nSPS) is 12.7. The zero-order valence-electron chi connectivity index (χ0n) is 8.63.